The van der Waals surface area contributed by atoms with Gasteiger partial charge in [-0.1, -0.05) is 42.0 Å². The van der Waals surface area contributed by atoms with Crippen molar-refractivity contribution in [2.45, 2.75) is 19.3 Å². The van der Waals surface area contributed by atoms with Gasteiger partial charge in [-0.05, 0) is 24.6 Å². The zero-order valence-electron chi connectivity index (χ0n) is 12.8. The maximum Gasteiger partial charge on any atom is 0.316 e. The van der Waals surface area contributed by atoms with Crippen LogP contribution in [-0.4, -0.2) is 16.7 Å². The third-order valence-electron chi connectivity index (χ3n) is 3.27. The topological polar surface area (TPSA) is 39.2 Å². The summed E-state index contributed by atoms with van der Waals surface area (Å²) in [6, 6.07) is 16.3. The number of esters is 1. The second-order valence-electron chi connectivity index (χ2n) is 5.22. The van der Waals surface area contributed by atoms with Gasteiger partial charge in [0.15, 0.2) is 0 Å². The normalized spacial score (nSPS) is 10.8. The summed E-state index contributed by atoms with van der Waals surface area (Å²) in [6.45, 7) is 2.32. The predicted molar refractivity (Wildman–Crippen MR) is 96.8 cm³/mol. The number of aromatic nitrogens is 1. The molecule has 0 atom stereocenters. The van der Waals surface area contributed by atoms with Crippen LogP contribution in [0.4, 0.5) is 0 Å². The molecule has 0 N–H and O–H groups in total. The molecule has 0 unspecified atom stereocenters. The number of hydrogen-bond acceptors (Lipinski definition) is 5. The number of benzene rings is 2. The van der Waals surface area contributed by atoms with Crippen LogP contribution in [0.25, 0.3) is 10.2 Å². The van der Waals surface area contributed by atoms with Crippen molar-refractivity contribution < 1.29 is 9.53 Å². The summed E-state index contributed by atoms with van der Waals surface area (Å²) in [5.41, 5.74) is 3.42. The van der Waals surface area contributed by atoms with Crippen molar-refractivity contribution in [3.63, 3.8) is 0 Å². The summed E-state index contributed by atoms with van der Waals surface area (Å²) in [7, 11) is 0. The Balaban J connectivity index is 1.44. The van der Waals surface area contributed by atoms with E-state index in [0.29, 0.717) is 5.75 Å². The van der Waals surface area contributed by atoms with Crippen LogP contribution in [0.3, 0.4) is 0 Å². The van der Waals surface area contributed by atoms with Gasteiger partial charge >= 0.3 is 5.97 Å². The number of carbonyl (C=O) groups is 1. The van der Waals surface area contributed by atoms with Crippen LogP contribution in [0.15, 0.2) is 48.5 Å². The Morgan fingerprint density at radius 1 is 1.22 bits per heavy atom. The highest BCUT2D eigenvalue weighted by atomic mass is 32.2. The fourth-order valence-corrected chi connectivity index (χ4v) is 3.87. The molecular weight excluding hydrogens is 326 g/mol. The molecular formula is C18H17NO2S2. The first-order valence-corrected chi connectivity index (χ1v) is 9.31. The first kappa shape index (κ1) is 16.0. The third kappa shape index (κ3) is 4.56. The van der Waals surface area contributed by atoms with E-state index in [-0.39, 0.29) is 12.6 Å². The van der Waals surface area contributed by atoms with Gasteiger partial charge in [-0.25, -0.2) is 4.98 Å². The van der Waals surface area contributed by atoms with Crippen molar-refractivity contribution in [2.75, 3.05) is 5.75 Å². The van der Waals surface area contributed by atoms with Gasteiger partial charge in [0.1, 0.15) is 11.6 Å². The first-order chi connectivity index (χ1) is 11.2. The van der Waals surface area contributed by atoms with Gasteiger partial charge in [0.2, 0.25) is 0 Å². The summed E-state index contributed by atoms with van der Waals surface area (Å²) in [6.07, 6.45) is 0. The highest BCUT2D eigenvalue weighted by Crippen LogP contribution is 2.22. The maximum atomic E-state index is 11.8. The van der Waals surface area contributed by atoms with Crippen molar-refractivity contribution >= 4 is 39.3 Å². The number of ether oxygens (including phenoxy) is 1. The van der Waals surface area contributed by atoms with E-state index in [1.54, 1.807) is 23.1 Å². The zero-order chi connectivity index (χ0) is 16.1. The van der Waals surface area contributed by atoms with Crippen LogP contribution in [-0.2, 0) is 21.9 Å². The summed E-state index contributed by atoms with van der Waals surface area (Å²) in [5.74, 6) is 0.985. The van der Waals surface area contributed by atoms with Gasteiger partial charge in [-0.2, -0.15) is 0 Å². The first-order valence-electron chi connectivity index (χ1n) is 7.34. The van der Waals surface area contributed by atoms with Gasteiger partial charge in [-0.15, -0.1) is 23.1 Å². The van der Waals surface area contributed by atoms with E-state index in [4.69, 9.17) is 4.74 Å². The molecule has 3 rings (SSSR count). The van der Waals surface area contributed by atoms with Gasteiger partial charge in [-0.3, -0.25) is 4.79 Å². The number of carbonyl (C=O) groups excluding carboxylic acids is 1. The summed E-state index contributed by atoms with van der Waals surface area (Å²) < 4.78 is 6.43. The molecule has 23 heavy (non-hydrogen) atoms. The van der Waals surface area contributed by atoms with Crippen LogP contribution in [0.5, 0.6) is 0 Å². The number of aryl methyl sites for hydroxylation is 1. The van der Waals surface area contributed by atoms with Crippen molar-refractivity contribution in [1.29, 1.82) is 0 Å². The summed E-state index contributed by atoms with van der Waals surface area (Å²) in [4.78, 5) is 16.3. The molecule has 3 aromatic rings. The Bertz CT molecular complexity index is 780. The number of thioether (sulfide) groups is 1. The molecule has 0 aliphatic carbocycles. The molecule has 0 saturated heterocycles. The minimum absolute atomic E-state index is 0.193. The lowest BCUT2D eigenvalue weighted by atomic mass is 10.2. The average Bonchev–Trinajstić information content (AvgIpc) is 2.96. The smallest absolute Gasteiger partial charge is 0.316 e. The Morgan fingerprint density at radius 2 is 2.09 bits per heavy atom. The molecule has 0 spiro atoms. The predicted octanol–water partition coefficient (Wildman–Crippen LogP) is 4.58. The molecule has 0 amide bonds. The van der Waals surface area contributed by atoms with Crippen molar-refractivity contribution in [2.24, 2.45) is 0 Å². The summed E-state index contributed by atoms with van der Waals surface area (Å²) in [5, 5.41) is 0.836. The molecule has 0 radical (unpaired) electrons. The molecule has 0 fully saturated rings. The van der Waals surface area contributed by atoms with E-state index in [1.165, 1.54) is 11.1 Å². The summed E-state index contributed by atoms with van der Waals surface area (Å²) >= 11 is 3.14. The average molecular weight is 343 g/mol. The molecule has 0 bridgehead atoms. The van der Waals surface area contributed by atoms with Crippen LogP contribution in [0, 0.1) is 6.92 Å². The molecule has 3 nitrogen and oxygen atoms in total. The molecule has 0 aliphatic rings. The Kier molecular flexibility index (Phi) is 5.31. The maximum absolute atomic E-state index is 11.8. The lowest BCUT2D eigenvalue weighted by molar-refractivity contribution is -0.141. The quantitative estimate of drug-likeness (QED) is 0.614. The molecule has 118 valence electrons. The standard InChI is InChI=1S/C18H17NO2S2/c1-13-5-4-6-14(9-13)11-22-12-18(20)21-10-17-19-15-7-2-3-8-16(15)23-17/h2-9H,10-12H2,1H3. The number of hydrogen-bond donors (Lipinski definition) is 0. The molecule has 1 aromatic heterocycles. The van der Waals surface area contributed by atoms with E-state index >= 15 is 0 Å². The van der Waals surface area contributed by atoms with Gasteiger partial charge in [0, 0.05) is 5.75 Å². The minimum atomic E-state index is -0.193. The molecule has 0 aliphatic heterocycles. The van der Waals surface area contributed by atoms with E-state index in [2.05, 4.69) is 30.1 Å². The lowest BCUT2D eigenvalue weighted by Gasteiger charge is -2.04. The van der Waals surface area contributed by atoms with E-state index < -0.39 is 0 Å². The van der Waals surface area contributed by atoms with Crippen LogP contribution >= 0.6 is 23.1 Å². The van der Waals surface area contributed by atoms with Gasteiger partial charge in [0.05, 0.1) is 16.0 Å². The van der Waals surface area contributed by atoms with Gasteiger partial charge < -0.3 is 4.74 Å². The SMILES string of the molecule is Cc1cccc(CSCC(=O)OCc2nc3ccccc3s2)c1. The van der Waals surface area contributed by atoms with Crippen molar-refractivity contribution in [3.05, 3.63) is 64.7 Å². The van der Waals surface area contributed by atoms with E-state index in [9.17, 15) is 4.79 Å². The number of rotatable bonds is 6. The third-order valence-corrected chi connectivity index (χ3v) is 5.25. The minimum Gasteiger partial charge on any atom is -0.458 e. The van der Waals surface area contributed by atoms with Crippen LogP contribution < -0.4 is 0 Å². The number of thiazole rings is 1. The highest BCUT2D eigenvalue weighted by Gasteiger charge is 2.08. The zero-order valence-corrected chi connectivity index (χ0v) is 14.5. The number of nitrogens with zero attached hydrogens (tertiary/aromatic N) is 1. The lowest BCUT2D eigenvalue weighted by Crippen LogP contribution is -2.07. The van der Waals surface area contributed by atoms with E-state index in [1.807, 2.05) is 30.3 Å². The van der Waals surface area contributed by atoms with Crippen LogP contribution in [0.1, 0.15) is 16.1 Å². The molecule has 5 heteroatoms. The second-order valence-corrected chi connectivity index (χ2v) is 7.32. The number of fused-ring (bicyclic) bond motifs is 1. The molecule has 0 saturated carbocycles. The van der Waals surface area contributed by atoms with E-state index in [0.717, 1.165) is 21.0 Å². The van der Waals surface area contributed by atoms with Crippen LogP contribution in [0.2, 0.25) is 0 Å². The highest BCUT2D eigenvalue weighted by molar-refractivity contribution is 7.99. The number of para-hydroxylation sites is 1. The fourth-order valence-electron chi connectivity index (χ4n) is 2.22. The van der Waals surface area contributed by atoms with Crippen molar-refractivity contribution in [3.8, 4) is 0 Å². The monoisotopic (exact) mass is 343 g/mol. The fraction of sp³-hybridized carbons (Fsp3) is 0.222. The Labute approximate surface area is 143 Å². The Morgan fingerprint density at radius 3 is 2.91 bits per heavy atom. The largest absolute Gasteiger partial charge is 0.458 e. The molecule has 1 heterocycles. The Hall–Kier alpha value is -1.85. The van der Waals surface area contributed by atoms with Gasteiger partial charge in [0.25, 0.3) is 0 Å². The molecule has 2 aromatic carbocycles. The second kappa shape index (κ2) is 7.62. The van der Waals surface area contributed by atoms with Crippen molar-refractivity contribution in [1.82, 2.24) is 4.98 Å².